The largest absolute Gasteiger partial charge is 0.348 e. The molecule has 0 N–H and O–H groups in total. The summed E-state index contributed by atoms with van der Waals surface area (Å²) in [6.45, 7) is 1.39. The zero-order valence-corrected chi connectivity index (χ0v) is 17.6. The normalized spacial score (nSPS) is 17.3. The summed E-state index contributed by atoms with van der Waals surface area (Å²) >= 11 is 0. The molecule has 1 aliphatic carbocycles. The van der Waals surface area contributed by atoms with Gasteiger partial charge in [-0.25, -0.2) is 9.07 Å². The maximum Gasteiger partial charge on any atom is 0.275 e. The summed E-state index contributed by atoms with van der Waals surface area (Å²) in [6.07, 6.45) is 4.80. The van der Waals surface area contributed by atoms with Crippen LogP contribution in [0.3, 0.4) is 0 Å². The van der Waals surface area contributed by atoms with Crippen molar-refractivity contribution in [1.82, 2.24) is 19.2 Å². The van der Waals surface area contributed by atoms with Crippen LogP contribution in [0.1, 0.15) is 45.5 Å². The lowest BCUT2D eigenvalue weighted by molar-refractivity contribution is 0.0656. The summed E-state index contributed by atoms with van der Waals surface area (Å²) in [5.41, 5.74) is 5.63. The van der Waals surface area contributed by atoms with Crippen LogP contribution >= 0.6 is 0 Å². The van der Waals surface area contributed by atoms with Gasteiger partial charge < -0.3 is 9.47 Å². The van der Waals surface area contributed by atoms with Gasteiger partial charge in [-0.1, -0.05) is 30.3 Å². The minimum Gasteiger partial charge on any atom is -0.348 e. The number of amides is 1. The standard InChI is InChI=1S/C26H23FN4O/c27-19-11-13-20(14-12-19)31-22-9-4-8-21(22)24(28-31)26(32)30-17-16-29-15-5-10-23(29)25(30)18-6-2-1-3-7-18/h1-3,5-7,10-15,25H,4,8-9,16-17H2. The highest BCUT2D eigenvalue weighted by atomic mass is 19.1. The van der Waals surface area contributed by atoms with Gasteiger partial charge in [0.25, 0.3) is 5.91 Å². The van der Waals surface area contributed by atoms with E-state index >= 15 is 0 Å². The van der Waals surface area contributed by atoms with Crippen LogP contribution in [0, 0.1) is 5.82 Å². The van der Waals surface area contributed by atoms with Gasteiger partial charge in [-0.2, -0.15) is 5.10 Å². The molecule has 160 valence electrons. The molecule has 32 heavy (non-hydrogen) atoms. The maximum atomic E-state index is 14.0. The summed E-state index contributed by atoms with van der Waals surface area (Å²) in [5, 5.41) is 4.77. The first kappa shape index (κ1) is 19.0. The van der Waals surface area contributed by atoms with Crippen LogP contribution in [0.4, 0.5) is 4.39 Å². The monoisotopic (exact) mass is 426 g/mol. The van der Waals surface area contributed by atoms with Crippen LogP contribution < -0.4 is 0 Å². The van der Waals surface area contributed by atoms with Gasteiger partial charge in [0.2, 0.25) is 0 Å². The Kier molecular flexibility index (Phi) is 4.45. The fourth-order valence-electron chi connectivity index (χ4n) is 5.13. The van der Waals surface area contributed by atoms with Crippen molar-refractivity contribution in [3.8, 4) is 5.69 Å². The average molecular weight is 426 g/mol. The van der Waals surface area contributed by atoms with Crippen molar-refractivity contribution in [2.24, 2.45) is 0 Å². The molecule has 2 aliphatic rings. The van der Waals surface area contributed by atoms with E-state index in [0.717, 1.165) is 54.0 Å². The van der Waals surface area contributed by atoms with Gasteiger partial charge in [-0.05, 0) is 61.2 Å². The maximum absolute atomic E-state index is 14.0. The molecule has 1 amide bonds. The van der Waals surface area contributed by atoms with E-state index in [1.54, 1.807) is 12.1 Å². The van der Waals surface area contributed by atoms with E-state index in [4.69, 9.17) is 5.10 Å². The number of halogens is 1. The first-order valence-corrected chi connectivity index (χ1v) is 11.1. The Morgan fingerprint density at radius 2 is 1.75 bits per heavy atom. The van der Waals surface area contributed by atoms with Crippen molar-refractivity contribution in [2.45, 2.75) is 31.8 Å². The van der Waals surface area contributed by atoms with Gasteiger partial charge in [0.15, 0.2) is 5.69 Å². The SMILES string of the molecule is O=C(c1nn(-c2ccc(F)cc2)c2c1CCC2)N1CCn2cccc2C1c1ccccc1. The van der Waals surface area contributed by atoms with Crippen LogP contribution in [0.15, 0.2) is 72.9 Å². The Morgan fingerprint density at radius 3 is 2.56 bits per heavy atom. The van der Waals surface area contributed by atoms with Crippen molar-refractivity contribution < 1.29 is 9.18 Å². The highest BCUT2D eigenvalue weighted by molar-refractivity contribution is 5.95. The van der Waals surface area contributed by atoms with Crippen LogP contribution in [0.25, 0.3) is 5.69 Å². The summed E-state index contributed by atoms with van der Waals surface area (Å²) in [6, 6.07) is 20.5. The van der Waals surface area contributed by atoms with Crippen LogP contribution in [-0.4, -0.2) is 31.7 Å². The van der Waals surface area contributed by atoms with Gasteiger partial charge >= 0.3 is 0 Å². The third-order valence-corrected chi connectivity index (χ3v) is 6.62. The first-order chi connectivity index (χ1) is 15.7. The third kappa shape index (κ3) is 2.98. The quantitative estimate of drug-likeness (QED) is 0.483. The number of rotatable bonds is 3. The molecule has 5 nitrogen and oxygen atoms in total. The molecular formula is C26H23FN4O. The molecule has 0 spiro atoms. The second kappa shape index (κ2) is 7.48. The highest BCUT2D eigenvalue weighted by Gasteiger charge is 2.36. The van der Waals surface area contributed by atoms with E-state index in [2.05, 4.69) is 29.0 Å². The molecule has 0 saturated carbocycles. The number of hydrogen-bond donors (Lipinski definition) is 0. The van der Waals surface area contributed by atoms with Crippen LogP contribution in [0.2, 0.25) is 0 Å². The van der Waals surface area contributed by atoms with Crippen molar-refractivity contribution in [3.05, 3.63) is 107 Å². The Bertz CT molecular complexity index is 1290. The molecule has 0 saturated heterocycles. The Morgan fingerprint density at radius 1 is 0.938 bits per heavy atom. The fourth-order valence-corrected chi connectivity index (χ4v) is 5.13. The molecule has 0 radical (unpaired) electrons. The molecule has 4 aromatic rings. The summed E-state index contributed by atoms with van der Waals surface area (Å²) < 4.78 is 17.5. The number of benzene rings is 2. The zero-order valence-electron chi connectivity index (χ0n) is 17.6. The topological polar surface area (TPSA) is 43.1 Å². The second-order valence-corrected chi connectivity index (χ2v) is 8.45. The number of aromatic nitrogens is 3. The van der Waals surface area contributed by atoms with Crippen molar-refractivity contribution in [1.29, 1.82) is 0 Å². The van der Waals surface area contributed by atoms with E-state index < -0.39 is 0 Å². The Balaban J connectivity index is 1.44. The number of carbonyl (C=O) groups excluding carboxylic acids is 1. The van der Waals surface area contributed by atoms with E-state index in [-0.39, 0.29) is 17.8 Å². The number of carbonyl (C=O) groups is 1. The van der Waals surface area contributed by atoms with Gasteiger partial charge in [0.1, 0.15) is 5.82 Å². The molecular weight excluding hydrogens is 403 g/mol. The number of hydrogen-bond acceptors (Lipinski definition) is 2. The van der Waals surface area contributed by atoms with Gasteiger partial charge in [0.05, 0.1) is 11.7 Å². The van der Waals surface area contributed by atoms with Gasteiger partial charge in [0, 0.05) is 36.2 Å². The minimum absolute atomic E-state index is 0.0367. The third-order valence-electron chi connectivity index (χ3n) is 6.62. The van der Waals surface area contributed by atoms with Gasteiger partial charge in [-0.15, -0.1) is 0 Å². The molecule has 0 fully saturated rings. The zero-order chi connectivity index (χ0) is 21.7. The van der Waals surface area contributed by atoms with Crippen molar-refractivity contribution >= 4 is 5.91 Å². The molecule has 3 heterocycles. The van der Waals surface area contributed by atoms with Crippen molar-refractivity contribution in [2.75, 3.05) is 6.54 Å². The molecule has 2 aromatic heterocycles. The summed E-state index contributed by atoms with van der Waals surface area (Å²) in [7, 11) is 0. The predicted molar refractivity (Wildman–Crippen MR) is 119 cm³/mol. The number of fused-ring (bicyclic) bond motifs is 2. The Hall–Kier alpha value is -3.67. The van der Waals surface area contributed by atoms with E-state index in [1.165, 1.54) is 12.1 Å². The second-order valence-electron chi connectivity index (χ2n) is 8.45. The smallest absolute Gasteiger partial charge is 0.275 e. The first-order valence-electron chi connectivity index (χ1n) is 11.1. The Labute approximate surface area is 185 Å². The fraction of sp³-hybridized carbons (Fsp3) is 0.231. The summed E-state index contributed by atoms with van der Waals surface area (Å²) in [4.78, 5) is 15.9. The van der Waals surface area contributed by atoms with Gasteiger partial charge in [-0.3, -0.25) is 4.79 Å². The van der Waals surface area contributed by atoms with Crippen molar-refractivity contribution in [3.63, 3.8) is 0 Å². The molecule has 0 bridgehead atoms. The lowest BCUT2D eigenvalue weighted by Gasteiger charge is -2.37. The molecule has 1 atom stereocenters. The molecule has 6 heteroatoms. The van der Waals surface area contributed by atoms with Crippen LogP contribution in [0.5, 0.6) is 0 Å². The minimum atomic E-state index is -0.282. The van der Waals surface area contributed by atoms with E-state index in [1.807, 2.05) is 33.8 Å². The molecule has 1 aliphatic heterocycles. The lowest BCUT2D eigenvalue weighted by atomic mass is 9.99. The summed E-state index contributed by atoms with van der Waals surface area (Å²) in [5.74, 6) is -0.318. The van der Waals surface area contributed by atoms with E-state index in [0.29, 0.717) is 12.2 Å². The molecule has 2 aromatic carbocycles. The highest BCUT2D eigenvalue weighted by Crippen LogP contribution is 2.35. The lowest BCUT2D eigenvalue weighted by Crippen LogP contribution is -2.42. The molecule has 6 rings (SSSR count). The molecule has 1 unspecified atom stereocenters. The number of nitrogens with zero attached hydrogens (tertiary/aromatic N) is 4. The van der Waals surface area contributed by atoms with Crippen LogP contribution in [-0.2, 0) is 19.4 Å². The average Bonchev–Trinajstić information content (AvgIpc) is 3.56. The van der Waals surface area contributed by atoms with E-state index in [9.17, 15) is 9.18 Å². The predicted octanol–water partition coefficient (Wildman–Crippen LogP) is 4.55.